The molecule has 0 bridgehead atoms. The number of carbonyl (C=O) groups is 1. The molecule has 1 aromatic rings. The van der Waals surface area contributed by atoms with Crippen molar-refractivity contribution in [2.45, 2.75) is 63.9 Å². The van der Waals surface area contributed by atoms with Crippen molar-refractivity contribution in [3.05, 3.63) is 35.1 Å². The number of rotatable bonds is 2. The van der Waals surface area contributed by atoms with E-state index in [9.17, 15) is 14.3 Å². The van der Waals surface area contributed by atoms with E-state index in [0.717, 1.165) is 49.9 Å². The smallest absolute Gasteiger partial charge is 0.225 e. The summed E-state index contributed by atoms with van der Waals surface area (Å²) < 4.78 is 13.7. The lowest BCUT2D eigenvalue weighted by atomic mass is 9.63. The fourth-order valence-electron chi connectivity index (χ4n) is 5.23. The zero-order chi connectivity index (χ0) is 17.8. The topological polar surface area (TPSA) is 40.5 Å². The number of benzene rings is 1. The normalized spacial score (nSPS) is 31.5. The number of likely N-dealkylation sites (tertiary alicyclic amines) is 1. The van der Waals surface area contributed by atoms with Crippen molar-refractivity contribution in [3.63, 3.8) is 0 Å². The molecule has 2 aliphatic carbocycles. The summed E-state index contributed by atoms with van der Waals surface area (Å²) in [6.07, 6.45) is 5.64. The van der Waals surface area contributed by atoms with Crippen molar-refractivity contribution in [3.8, 4) is 0 Å². The molecule has 1 saturated heterocycles. The summed E-state index contributed by atoms with van der Waals surface area (Å²) in [5, 5.41) is 9.83. The lowest BCUT2D eigenvalue weighted by molar-refractivity contribution is -0.163. The summed E-state index contributed by atoms with van der Waals surface area (Å²) in [5.41, 5.74) is 1.79. The van der Waals surface area contributed by atoms with Crippen LogP contribution in [0, 0.1) is 24.1 Å². The van der Waals surface area contributed by atoms with Crippen LogP contribution in [0.1, 0.15) is 62.5 Å². The summed E-state index contributed by atoms with van der Waals surface area (Å²) in [6, 6.07) is 5.39. The van der Waals surface area contributed by atoms with Crippen molar-refractivity contribution >= 4 is 5.91 Å². The van der Waals surface area contributed by atoms with Gasteiger partial charge in [-0.15, -0.1) is 0 Å². The van der Waals surface area contributed by atoms with E-state index in [1.807, 2.05) is 18.7 Å². The number of aliphatic hydroxyl groups is 1. The monoisotopic (exact) mass is 345 g/mol. The predicted molar refractivity (Wildman–Crippen MR) is 94.7 cm³/mol. The fourth-order valence-corrected chi connectivity index (χ4v) is 5.23. The molecule has 0 radical (unpaired) electrons. The highest BCUT2D eigenvalue weighted by atomic mass is 19.1. The van der Waals surface area contributed by atoms with Gasteiger partial charge in [0.1, 0.15) is 5.82 Å². The molecule has 1 aromatic carbocycles. The minimum absolute atomic E-state index is 0.0268. The molecule has 136 valence electrons. The Balaban J connectivity index is 1.30. The van der Waals surface area contributed by atoms with E-state index < -0.39 is 5.60 Å². The summed E-state index contributed by atoms with van der Waals surface area (Å²) >= 11 is 0. The third-order valence-electron chi connectivity index (χ3n) is 6.67. The first-order chi connectivity index (χ1) is 11.8. The summed E-state index contributed by atoms with van der Waals surface area (Å²) in [7, 11) is 0. The van der Waals surface area contributed by atoms with Crippen LogP contribution < -0.4 is 0 Å². The summed E-state index contributed by atoms with van der Waals surface area (Å²) in [6.45, 7) is 5.51. The van der Waals surface area contributed by atoms with Crippen LogP contribution in [0.25, 0.3) is 0 Å². The Morgan fingerprint density at radius 2 is 1.84 bits per heavy atom. The van der Waals surface area contributed by atoms with Gasteiger partial charge in [-0.3, -0.25) is 4.79 Å². The second-order valence-electron chi connectivity index (χ2n) is 9.13. The van der Waals surface area contributed by atoms with Crippen molar-refractivity contribution < 1.29 is 14.3 Å². The Labute approximate surface area is 149 Å². The number of amides is 1. The van der Waals surface area contributed by atoms with Gasteiger partial charge in [0.25, 0.3) is 0 Å². The van der Waals surface area contributed by atoms with Crippen LogP contribution in [-0.2, 0) is 4.79 Å². The van der Waals surface area contributed by atoms with E-state index in [-0.39, 0.29) is 17.6 Å². The lowest BCUT2D eigenvalue weighted by Crippen LogP contribution is -2.62. The summed E-state index contributed by atoms with van der Waals surface area (Å²) in [5.74, 6) is 0.581. The van der Waals surface area contributed by atoms with Crippen LogP contribution >= 0.6 is 0 Å². The molecule has 4 heteroatoms. The third kappa shape index (κ3) is 3.21. The average Bonchev–Trinajstić information content (AvgIpc) is 2.48. The van der Waals surface area contributed by atoms with Gasteiger partial charge < -0.3 is 10.0 Å². The number of nitrogens with zero attached hydrogens (tertiary/aromatic N) is 1. The van der Waals surface area contributed by atoms with Gasteiger partial charge in [0.15, 0.2) is 0 Å². The standard InChI is InChI=1S/C21H28FNO2/c1-14-7-16(9-18(22)8-14)15-3-5-21(6-4-15)12-23(13-21)19(24)17-10-20(2,25)11-17/h7-9,15,17,25H,3-6,10-13H2,1-2H3/t17-,20+. The van der Waals surface area contributed by atoms with Gasteiger partial charge in [0.2, 0.25) is 5.91 Å². The predicted octanol–water partition coefficient (Wildman–Crippen LogP) is 3.78. The zero-order valence-corrected chi connectivity index (χ0v) is 15.2. The molecule has 3 fully saturated rings. The Morgan fingerprint density at radius 1 is 1.20 bits per heavy atom. The van der Waals surface area contributed by atoms with Gasteiger partial charge in [-0.05, 0) is 81.5 Å². The Kier molecular flexibility index (Phi) is 3.95. The first-order valence-corrected chi connectivity index (χ1v) is 9.54. The molecule has 2 saturated carbocycles. The lowest BCUT2D eigenvalue weighted by Gasteiger charge is -2.55. The van der Waals surface area contributed by atoms with E-state index in [2.05, 4.69) is 6.07 Å². The first kappa shape index (κ1) is 17.0. The molecule has 1 spiro atoms. The summed E-state index contributed by atoms with van der Waals surface area (Å²) in [4.78, 5) is 14.4. The molecule has 1 N–H and O–H groups in total. The van der Waals surface area contributed by atoms with Gasteiger partial charge in [-0.25, -0.2) is 4.39 Å². The molecule has 1 amide bonds. The molecular weight excluding hydrogens is 317 g/mol. The van der Waals surface area contributed by atoms with Gasteiger partial charge in [-0.2, -0.15) is 0 Å². The highest BCUT2D eigenvalue weighted by Crippen LogP contribution is 2.50. The minimum Gasteiger partial charge on any atom is -0.390 e. The first-order valence-electron chi connectivity index (χ1n) is 9.54. The van der Waals surface area contributed by atoms with Crippen LogP contribution in [0.15, 0.2) is 18.2 Å². The second-order valence-corrected chi connectivity index (χ2v) is 9.13. The number of halogens is 1. The molecule has 25 heavy (non-hydrogen) atoms. The molecule has 1 aliphatic heterocycles. The maximum absolute atomic E-state index is 13.7. The van der Waals surface area contributed by atoms with Crippen molar-refractivity contribution in [2.24, 2.45) is 11.3 Å². The van der Waals surface area contributed by atoms with Gasteiger partial charge >= 0.3 is 0 Å². The van der Waals surface area contributed by atoms with Crippen LogP contribution in [0.2, 0.25) is 0 Å². The molecule has 3 aliphatic rings. The second kappa shape index (κ2) is 5.80. The van der Waals surface area contributed by atoms with E-state index in [4.69, 9.17) is 0 Å². The maximum Gasteiger partial charge on any atom is 0.225 e. The minimum atomic E-state index is -0.635. The van der Waals surface area contributed by atoms with Crippen molar-refractivity contribution in [1.82, 2.24) is 4.90 Å². The quantitative estimate of drug-likeness (QED) is 0.886. The van der Waals surface area contributed by atoms with Crippen LogP contribution in [0.3, 0.4) is 0 Å². The molecule has 1 heterocycles. The molecule has 3 nitrogen and oxygen atoms in total. The number of hydrogen-bond acceptors (Lipinski definition) is 2. The number of aryl methyl sites for hydroxylation is 1. The Hall–Kier alpha value is -1.42. The molecule has 4 rings (SSSR count). The largest absolute Gasteiger partial charge is 0.390 e. The highest BCUT2D eigenvalue weighted by Gasteiger charge is 2.51. The van der Waals surface area contributed by atoms with E-state index in [0.29, 0.717) is 24.2 Å². The number of carbonyl (C=O) groups excluding carboxylic acids is 1. The van der Waals surface area contributed by atoms with Crippen LogP contribution in [-0.4, -0.2) is 34.6 Å². The van der Waals surface area contributed by atoms with E-state index in [1.165, 1.54) is 0 Å². The van der Waals surface area contributed by atoms with Gasteiger partial charge in [-0.1, -0.05) is 6.07 Å². The number of hydrogen-bond donors (Lipinski definition) is 1. The average molecular weight is 345 g/mol. The molecule has 0 aromatic heterocycles. The van der Waals surface area contributed by atoms with E-state index >= 15 is 0 Å². The zero-order valence-electron chi connectivity index (χ0n) is 15.2. The van der Waals surface area contributed by atoms with Gasteiger partial charge in [0, 0.05) is 24.4 Å². The molecular formula is C21H28FNO2. The third-order valence-corrected chi connectivity index (χ3v) is 6.67. The van der Waals surface area contributed by atoms with Crippen LogP contribution in [0.4, 0.5) is 4.39 Å². The van der Waals surface area contributed by atoms with Crippen molar-refractivity contribution in [2.75, 3.05) is 13.1 Å². The Bertz CT molecular complexity index is 655. The van der Waals surface area contributed by atoms with Crippen LogP contribution in [0.5, 0.6) is 0 Å². The SMILES string of the molecule is Cc1cc(F)cc(C2CCC3(CC2)CN(C(=O)[C@H]2C[C@@](C)(O)C2)C3)c1. The molecule has 0 unspecified atom stereocenters. The van der Waals surface area contributed by atoms with Gasteiger partial charge in [0.05, 0.1) is 5.60 Å². The fraction of sp³-hybridized carbons (Fsp3) is 0.667. The highest BCUT2D eigenvalue weighted by molar-refractivity contribution is 5.81. The maximum atomic E-state index is 13.7. The van der Waals surface area contributed by atoms with E-state index in [1.54, 1.807) is 12.1 Å². The van der Waals surface area contributed by atoms with Crippen molar-refractivity contribution in [1.29, 1.82) is 0 Å². The Morgan fingerprint density at radius 3 is 2.40 bits per heavy atom. The molecule has 0 atom stereocenters.